The van der Waals surface area contributed by atoms with E-state index in [1.807, 2.05) is 17.5 Å². The highest BCUT2D eigenvalue weighted by Gasteiger charge is 2.33. The van der Waals surface area contributed by atoms with Crippen LogP contribution in [0.15, 0.2) is 29.6 Å². The van der Waals surface area contributed by atoms with Crippen molar-refractivity contribution in [3.05, 3.63) is 35.2 Å². The molecule has 122 valence electrons. The second-order valence-electron chi connectivity index (χ2n) is 5.68. The fourth-order valence-corrected chi connectivity index (χ4v) is 5.05. The van der Waals surface area contributed by atoms with Gasteiger partial charge in [0.05, 0.1) is 23.1 Å². The van der Waals surface area contributed by atoms with E-state index in [0.717, 1.165) is 17.7 Å². The number of aromatic nitrogens is 1. The number of amides is 1. The van der Waals surface area contributed by atoms with E-state index in [0.29, 0.717) is 11.6 Å². The lowest BCUT2D eigenvalue weighted by molar-refractivity contribution is -0.119. The topological polar surface area (TPSA) is 76.1 Å². The summed E-state index contributed by atoms with van der Waals surface area (Å²) in [5.74, 6) is -0.683. The predicted octanol–water partition coefficient (Wildman–Crippen LogP) is 2.75. The maximum absolute atomic E-state index is 12.1. The molecule has 0 spiro atoms. The van der Waals surface area contributed by atoms with Gasteiger partial charge < -0.3 is 5.32 Å². The van der Waals surface area contributed by atoms with Crippen molar-refractivity contribution in [2.75, 3.05) is 16.8 Å². The van der Waals surface area contributed by atoms with Gasteiger partial charge in [-0.15, -0.1) is 11.3 Å². The van der Waals surface area contributed by atoms with Gasteiger partial charge in [0.1, 0.15) is 0 Å². The molecular formula is C16H18N2O3S2. The molecule has 23 heavy (non-hydrogen) atoms. The average molecular weight is 350 g/mol. The fourth-order valence-electron chi connectivity index (χ4n) is 2.58. The van der Waals surface area contributed by atoms with Gasteiger partial charge in [0.15, 0.2) is 15.0 Å². The fraction of sp³-hybridized carbons (Fsp3) is 0.375. The van der Waals surface area contributed by atoms with Gasteiger partial charge in [-0.25, -0.2) is 13.4 Å². The van der Waals surface area contributed by atoms with Crippen LogP contribution in [0.4, 0.5) is 5.13 Å². The molecule has 1 aromatic heterocycles. The first-order valence-corrected chi connectivity index (χ1v) is 10.2. The van der Waals surface area contributed by atoms with Crippen LogP contribution in [-0.4, -0.2) is 30.8 Å². The summed E-state index contributed by atoms with van der Waals surface area (Å²) in [6.07, 6.45) is 1.38. The van der Waals surface area contributed by atoms with Gasteiger partial charge in [-0.2, -0.15) is 0 Å². The van der Waals surface area contributed by atoms with Crippen LogP contribution in [0.3, 0.4) is 0 Å². The van der Waals surface area contributed by atoms with Crippen molar-refractivity contribution in [2.45, 2.75) is 19.8 Å². The van der Waals surface area contributed by atoms with E-state index in [1.54, 1.807) is 0 Å². The van der Waals surface area contributed by atoms with Gasteiger partial charge >= 0.3 is 0 Å². The number of aryl methyl sites for hydroxylation is 1. The molecule has 1 aliphatic heterocycles. The normalized spacial score (nSPS) is 19.6. The van der Waals surface area contributed by atoms with Crippen molar-refractivity contribution < 1.29 is 13.2 Å². The molecule has 0 aliphatic carbocycles. The Kier molecular flexibility index (Phi) is 4.50. The van der Waals surface area contributed by atoms with Gasteiger partial charge in [-0.3, -0.25) is 4.79 Å². The molecule has 1 aliphatic rings. The highest BCUT2D eigenvalue weighted by Crippen LogP contribution is 2.27. The van der Waals surface area contributed by atoms with Gasteiger partial charge in [0.25, 0.3) is 0 Å². The Morgan fingerprint density at radius 1 is 1.35 bits per heavy atom. The molecule has 1 amide bonds. The van der Waals surface area contributed by atoms with Crippen molar-refractivity contribution in [1.29, 1.82) is 0 Å². The largest absolute Gasteiger partial charge is 0.302 e. The average Bonchev–Trinajstić information content (AvgIpc) is 3.14. The van der Waals surface area contributed by atoms with Gasteiger partial charge in [0.2, 0.25) is 5.91 Å². The molecule has 2 heterocycles. The number of sulfone groups is 1. The van der Waals surface area contributed by atoms with E-state index >= 15 is 0 Å². The zero-order chi connectivity index (χ0) is 16.4. The number of rotatable bonds is 4. The number of carbonyl (C=O) groups is 1. The third-order valence-corrected chi connectivity index (χ3v) is 6.52. The Balaban J connectivity index is 1.68. The molecule has 3 rings (SSSR count). The summed E-state index contributed by atoms with van der Waals surface area (Å²) >= 11 is 1.35. The summed E-state index contributed by atoms with van der Waals surface area (Å²) in [6.45, 7) is 2.11. The Hall–Kier alpha value is -1.73. The third-order valence-electron chi connectivity index (χ3n) is 4.00. The number of anilines is 1. The highest BCUT2D eigenvalue weighted by molar-refractivity contribution is 7.91. The maximum atomic E-state index is 12.1. The summed E-state index contributed by atoms with van der Waals surface area (Å²) in [5, 5.41) is 5.14. The number of thiazole rings is 1. The summed E-state index contributed by atoms with van der Waals surface area (Å²) in [7, 11) is -3.06. The van der Waals surface area contributed by atoms with Crippen molar-refractivity contribution in [1.82, 2.24) is 4.98 Å². The zero-order valence-electron chi connectivity index (χ0n) is 12.8. The van der Waals surface area contributed by atoms with Gasteiger partial charge in [-0.1, -0.05) is 31.2 Å². The smallest absolute Gasteiger partial charge is 0.230 e. The summed E-state index contributed by atoms with van der Waals surface area (Å²) < 4.78 is 22.9. The zero-order valence-corrected chi connectivity index (χ0v) is 14.4. The monoisotopic (exact) mass is 350 g/mol. The van der Waals surface area contributed by atoms with Crippen LogP contribution in [0.25, 0.3) is 11.3 Å². The minimum atomic E-state index is -3.06. The number of nitrogens with zero attached hydrogens (tertiary/aromatic N) is 1. The van der Waals surface area contributed by atoms with Crippen LogP contribution in [0.1, 0.15) is 18.9 Å². The lowest BCUT2D eigenvalue weighted by atomic mass is 10.1. The SMILES string of the molecule is CCc1ccc(-c2csc(NC(=O)C3CCS(=O)(=O)C3)n2)cc1. The molecule has 2 aromatic rings. The summed E-state index contributed by atoms with van der Waals surface area (Å²) in [4.78, 5) is 16.5. The van der Waals surface area contributed by atoms with E-state index in [1.165, 1.54) is 16.9 Å². The molecule has 0 radical (unpaired) electrons. The highest BCUT2D eigenvalue weighted by atomic mass is 32.2. The lowest BCUT2D eigenvalue weighted by Crippen LogP contribution is -2.23. The summed E-state index contributed by atoms with van der Waals surface area (Å²) in [5.41, 5.74) is 3.08. The molecule has 1 saturated heterocycles. The van der Waals surface area contributed by atoms with Crippen molar-refractivity contribution in [3.8, 4) is 11.3 Å². The van der Waals surface area contributed by atoms with Crippen LogP contribution in [-0.2, 0) is 21.1 Å². The second kappa shape index (κ2) is 6.41. The standard InChI is InChI=1S/C16H18N2O3S2/c1-2-11-3-5-12(6-4-11)14-9-22-16(17-14)18-15(19)13-7-8-23(20,21)10-13/h3-6,9,13H,2,7-8,10H2,1H3,(H,17,18,19). The Morgan fingerprint density at radius 3 is 2.70 bits per heavy atom. The van der Waals surface area contributed by atoms with E-state index in [2.05, 4.69) is 29.4 Å². The number of benzene rings is 1. The number of nitrogens with one attached hydrogen (secondary N) is 1. The van der Waals surface area contributed by atoms with Crippen LogP contribution < -0.4 is 5.32 Å². The van der Waals surface area contributed by atoms with Gasteiger partial charge in [0, 0.05) is 10.9 Å². The molecule has 1 unspecified atom stereocenters. The second-order valence-corrected chi connectivity index (χ2v) is 8.76. The van der Waals surface area contributed by atoms with Crippen LogP contribution >= 0.6 is 11.3 Å². The molecule has 1 aromatic carbocycles. The number of carbonyl (C=O) groups excluding carboxylic acids is 1. The number of hydrogen-bond acceptors (Lipinski definition) is 5. The predicted molar refractivity (Wildman–Crippen MR) is 92.3 cm³/mol. The molecule has 0 saturated carbocycles. The molecular weight excluding hydrogens is 332 g/mol. The molecule has 0 bridgehead atoms. The quantitative estimate of drug-likeness (QED) is 0.920. The Morgan fingerprint density at radius 2 is 2.09 bits per heavy atom. The first-order valence-electron chi connectivity index (χ1n) is 7.53. The van der Waals surface area contributed by atoms with Crippen molar-refractivity contribution in [2.24, 2.45) is 5.92 Å². The van der Waals surface area contributed by atoms with Crippen molar-refractivity contribution in [3.63, 3.8) is 0 Å². The minimum absolute atomic E-state index is 0.0600. The maximum Gasteiger partial charge on any atom is 0.230 e. The molecule has 5 nitrogen and oxygen atoms in total. The first kappa shape index (κ1) is 16.1. The summed E-state index contributed by atoms with van der Waals surface area (Å²) in [6, 6.07) is 8.17. The lowest BCUT2D eigenvalue weighted by Gasteiger charge is -2.06. The van der Waals surface area contributed by atoms with Crippen LogP contribution in [0, 0.1) is 5.92 Å². The Labute approximate surface area is 139 Å². The van der Waals surface area contributed by atoms with Crippen molar-refractivity contribution >= 4 is 32.2 Å². The van der Waals surface area contributed by atoms with E-state index in [9.17, 15) is 13.2 Å². The van der Waals surface area contributed by atoms with Crippen LogP contribution in [0.5, 0.6) is 0 Å². The Bertz CT molecular complexity index is 810. The third kappa shape index (κ3) is 3.79. The van der Waals surface area contributed by atoms with E-state index in [4.69, 9.17) is 0 Å². The molecule has 1 fully saturated rings. The van der Waals surface area contributed by atoms with E-state index < -0.39 is 15.8 Å². The first-order chi connectivity index (χ1) is 11.0. The minimum Gasteiger partial charge on any atom is -0.302 e. The van der Waals surface area contributed by atoms with Gasteiger partial charge in [-0.05, 0) is 18.4 Å². The van der Waals surface area contributed by atoms with E-state index in [-0.39, 0.29) is 17.4 Å². The van der Waals surface area contributed by atoms with Crippen LogP contribution in [0.2, 0.25) is 0 Å². The molecule has 1 N–H and O–H groups in total. The molecule has 7 heteroatoms. The molecule has 1 atom stereocenters. The number of hydrogen-bond donors (Lipinski definition) is 1.